The van der Waals surface area contributed by atoms with Crippen molar-refractivity contribution in [3.8, 4) is 62.1 Å². The number of aromatic nitrogens is 4. The van der Waals surface area contributed by atoms with Crippen LogP contribution >= 0.6 is 0 Å². The molecular weight excluding hydrogens is 683 g/mol. The Morgan fingerprint density at radius 2 is 0.982 bits per heavy atom. The van der Waals surface area contributed by atoms with E-state index in [9.17, 15) is 8.78 Å². The van der Waals surface area contributed by atoms with E-state index in [0.717, 1.165) is 44.5 Å². The maximum Gasteiger partial charge on any atom is 0.164 e. The maximum atomic E-state index is 14.2. The predicted octanol–water partition coefficient (Wildman–Crippen LogP) is 13.0. The second-order valence-corrected chi connectivity index (χ2v) is 13.6. The average Bonchev–Trinajstić information content (AvgIpc) is 3.55. The van der Waals surface area contributed by atoms with Crippen molar-refractivity contribution in [1.29, 1.82) is 0 Å². The van der Waals surface area contributed by atoms with Crippen LogP contribution in [-0.2, 0) is 0 Å². The zero-order valence-electron chi connectivity index (χ0n) is 31.1. The number of nitrogens with zero attached hydrogens (tertiary/aromatic N) is 4. The lowest BCUT2D eigenvalue weighted by Gasteiger charge is -2.16. The fraction of sp³-hybridized carbons (Fsp3) is 0.0816. The molecule has 0 radical (unpaired) electrons. The van der Waals surface area contributed by atoms with Crippen LogP contribution in [0.15, 0.2) is 158 Å². The van der Waals surface area contributed by atoms with E-state index in [0.29, 0.717) is 24.7 Å². The number of aryl methyl sites for hydroxylation is 3. The molecule has 0 fully saturated rings. The van der Waals surface area contributed by atoms with Gasteiger partial charge in [-0.2, -0.15) is 0 Å². The molecule has 6 heteroatoms. The number of alkyl halides is 1. The number of hydrogen-bond acceptors (Lipinski definition) is 3. The van der Waals surface area contributed by atoms with E-state index in [1.165, 1.54) is 50.7 Å². The number of benzene rings is 7. The van der Waals surface area contributed by atoms with Crippen molar-refractivity contribution < 1.29 is 8.78 Å². The van der Waals surface area contributed by atoms with Gasteiger partial charge in [-0.1, -0.05) is 121 Å². The third-order valence-electron chi connectivity index (χ3n) is 10.00. The Balaban J connectivity index is 0.00000210. The zero-order chi connectivity index (χ0) is 38.1. The van der Waals surface area contributed by atoms with Crippen LogP contribution in [0.3, 0.4) is 0 Å². The van der Waals surface area contributed by atoms with Crippen molar-refractivity contribution in [2.75, 3.05) is 7.18 Å². The molecule has 0 N–H and O–H groups in total. The van der Waals surface area contributed by atoms with Gasteiger partial charge < -0.3 is 4.57 Å². The number of fused-ring (bicyclic) bond motifs is 3. The molecule has 0 aliphatic rings. The van der Waals surface area contributed by atoms with Gasteiger partial charge in [0, 0.05) is 33.2 Å². The first-order chi connectivity index (χ1) is 26.9. The van der Waals surface area contributed by atoms with Gasteiger partial charge in [0.1, 0.15) is 5.82 Å². The van der Waals surface area contributed by atoms with Crippen LogP contribution in [0, 0.1) is 26.6 Å². The van der Waals surface area contributed by atoms with E-state index in [1.54, 1.807) is 0 Å². The monoisotopic (exact) mass is 720 g/mol. The molecule has 0 bridgehead atoms. The molecule has 0 aliphatic carbocycles. The van der Waals surface area contributed by atoms with Crippen LogP contribution in [0.4, 0.5) is 8.78 Å². The second-order valence-electron chi connectivity index (χ2n) is 13.6. The summed E-state index contributed by atoms with van der Waals surface area (Å²) >= 11 is 0. The van der Waals surface area contributed by atoms with Gasteiger partial charge in [-0.25, -0.2) is 19.3 Å². The van der Waals surface area contributed by atoms with Gasteiger partial charge in [-0.15, -0.1) is 0 Å². The summed E-state index contributed by atoms with van der Waals surface area (Å²) in [5, 5.41) is 2.35. The quantitative estimate of drug-likeness (QED) is 0.172. The van der Waals surface area contributed by atoms with Gasteiger partial charge in [0.05, 0.1) is 18.2 Å². The molecule has 55 heavy (non-hydrogen) atoms. The minimum Gasteiger partial charge on any atom is -0.309 e. The van der Waals surface area contributed by atoms with Crippen LogP contribution in [0.25, 0.3) is 83.9 Å². The van der Waals surface area contributed by atoms with Gasteiger partial charge in [0.25, 0.3) is 0 Å². The molecule has 9 aromatic rings. The lowest BCUT2D eigenvalue weighted by atomic mass is 9.93. The summed E-state index contributed by atoms with van der Waals surface area (Å²) in [5.41, 5.74) is 13.8. The first-order valence-corrected chi connectivity index (χ1v) is 18.2. The molecule has 0 atom stereocenters. The Kier molecular flexibility index (Phi) is 9.56. The van der Waals surface area contributed by atoms with Crippen molar-refractivity contribution in [3.05, 3.63) is 180 Å². The normalized spacial score (nSPS) is 11.1. The van der Waals surface area contributed by atoms with Crippen molar-refractivity contribution in [2.24, 2.45) is 0 Å². The first-order valence-electron chi connectivity index (χ1n) is 18.2. The molecular formula is C49H38F2N4. The second kappa shape index (κ2) is 14.9. The smallest absolute Gasteiger partial charge is 0.164 e. The predicted molar refractivity (Wildman–Crippen MR) is 223 cm³/mol. The minimum absolute atomic E-state index is 0.287. The molecule has 0 aliphatic heterocycles. The van der Waals surface area contributed by atoms with Gasteiger partial charge in [0.2, 0.25) is 0 Å². The van der Waals surface area contributed by atoms with E-state index < -0.39 is 0 Å². The lowest BCUT2D eigenvalue weighted by Crippen LogP contribution is -2.02. The summed E-state index contributed by atoms with van der Waals surface area (Å²) in [4.78, 5) is 15.2. The molecule has 7 aromatic carbocycles. The van der Waals surface area contributed by atoms with Gasteiger partial charge in [-0.3, -0.25) is 4.39 Å². The molecule has 2 aromatic heterocycles. The fourth-order valence-electron chi connectivity index (χ4n) is 7.71. The van der Waals surface area contributed by atoms with Crippen molar-refractivity contribution >= 4 is 21.8 Å². The van der Waals surface area contributed by atoms with Crippen molar-refractivity contribution in [3.63, 3.8) is 0 Å². The average molecular weight is 721 g/mol. The summed E-state index contributed by atoms with van der Waals surface area (Å²) in [7, 11) is 0.500. The third-order valence-corrected chi connectivity index (χ3v) is 10.00. The van der Waals surface area contributed by atoms with Crippen molar-refractivity contribution in [2.45, 2.75) is 20.8 Å². The largest absolute Gasteiger partial charge is 0.309 e. The fourth-order valence-corrected chi connectivity index (χ4v) is 7.71. The number of hydrogen-bond donors (Lipinski definition) is 0. The van der Waals surface area contributed by atoms with Gasteiger partial charge in [0.15, 0.2) is 17.5 Å². The highest BCUT2D eigenvalue weighted by atomic mass is 19.1. The highest BCUT2D eigenvalue weighted by Gasteiger charge is 2.20. The molecule has 0 amide bonds. The minimum atomic E-state index is -0.287. The number of rotatable bonds is 6. The summed E-state index contributed by atoms with van der Waals surface area (Å²) in [6, 6.07) is 52.8. The van der Waals surface area contributed by atoms with E-state index in [1.807, 2.05) is 72.8 Å². The molecule has 4 nitrogen and oxygen atoms in total. The molecule has 0 saturated heterocycles. The topological polar surface area (TPSA) is 43.6 Å². The summed E-state index contributed by atoms with van der Waals surface area (Å²) in [5.74, 6) is 1.41. The van der Waals surface area contributed by atoms with E-state index in [4.69, 9.17) is 15.0 Å². The van der Waals surface area contributed by atoms with Gasteiger partial charge >= 0.3 is 0 Å². The Bertz CT molecular complexity index is 2730. The van der Waals surface area contributed by atoms with Crippen LogP contribution in [0.5, 0.6) is 0 Å². The molecule has 2 heterocycles. The summed E-state index contributed by atoms with van der Waals surface area (Å²) in [6.07, 6.45) is 0. The molecule has 0 unspecified atom stereocenters. The van der Waals surface area contributed by atoms with Crippen LogP contribution in [0.2, 0.25) is 0 Å². The molecule has 0 spiro atoms. The van der Waals surface area contributed by atoms with E-state index in [-0.39, 0.29) is 5.82 Å². The molecule has 0 saturated carbocycles. The maximum absolute atomic E-state index is 14.2. The van der Waals surface area contributed by atoms with Crippen LogP contribution in [0.1, 0.15) is 16.7 Å². The first kappa shape index (κ1) is 35.3. The highest BCUT2D eigenvalue weighted by molar-refractivity contribution is 6.10. The number of para-hydroxylation sites is 1. The SMILES string of the molecule is CF.Cc1cc(C)c(-c2ccc3c(c2)c2ccccc2n3-c2ccc(-c3ccc(F)cc3)c(-c3nc(-c4ccccc4)nc(-c4ccccc4)n3)c2)c(C)c1. The highest BCUT2D eigenvalue weighted by Crippen LogP contribution is 2.40. The summed E-state index contributed by atoms with van der Waals surface area (Å²) in [6.45, 7) is 6.54. The standard InChI is InChI=1S/C48H35FN4.CH3F/c1-30-26-31(2)45(32(3)27-30)36-20-25-44-41(28-36)40-16-10-11-17-43(40)53(44)38-23-24-39(33-18-21-37(49)22-19-33)42(29-38)48-51-46(34-12-6-4-7-13-34)50-47(52-48)35-14-8-5-9-15-35;1-2/h4-29H,1-3H3;1H3. The van der Waals surface area contributed by atoms with Gasteiger partial charge in [-0.05, 0) is 96.6 Å². The number of halogens is 2. The third kappa shape index (κ3) is 6.68. The Morgan fingerprint density at radius 3 is 1.62 bits per heavy atom. The summed E-state index contributed by atoms with van der Waals surface area (Å²) < 4.78 is 26.0. The van der Waals surface area contributed by atoms with E-state index in [2.05, 4.69) is 98.1 Å². The Morgan fingerprint density at radius 1 is 0.436 bits per heavy atom. The molecule has 268 valence electrons. The van der Waals surface area contributed by atoms with Crippen LogP contribution < -0.4 is 0 Å². The Hall–Kier alpha value is -6.79. The van der Waals surface area contributed by atoms with Crippen LogP contribution in [-0.4, -0.2) is 26.7 Å². The Labute approximate surface area is 319 Å². The van der Waals surface area contributed by atoms with Crippen molar-refractivity contribution in [1.82, 2.24) is 19.5 Å². The zero-order valence-corrected chi connectivity index (χ0v) is 31.1. The lowest BCUT2D eigenvalue weighted by molar-refractivity contribution is 0.628. The van der Waals surface area contributed by atoms with E-state index >= 15 is 0 Å². The molecule has 9 rings (SSSR count).